The summed E-state index contributed by atoms with van der Waals surface area (Å²) in [5, 5.41) is 9.07. The van der Waals surface area contributed by atoms with Gasteiger partial charge in [-0.3, -0.25) is 0 Å². The summed E-state index contributed by atoms with van der Waals surface area (Å²) < 4.78 is 0. The van der Waals surface area contributed by atoms with Gasteiger partial charge in [0.1, 0.15) is 0 Å². The smallest absolute Gasteiger partial charge is 0.331 e. The van der Waals surface area contributed by atoms with Gasteiger partial charge in [0, 0.05) is 5.57 Å². The van der Waals surface area contributed by atoms with Crippen LogP contribution in [0.25, 0.3) is 0 Å². The highest BCUT2D eigenvalue weighted by molar-refractivity contribution is 5.86. The molecule has 0 amide bonds. The molecule has 1 N–H and O–H groups in total. The number of aliphatic carboxylic acids is 1. The second-order valence-electron chi connectivity index (χ2n) is 5.26. The Morgan fingerprint density at radius 3 is 2.88 bits per heavy atom. The number of hydrogen-bond donors (Lipinski definition) is 1. The zero-order chi connectivity index (χ0) is 11.7. The van der Waals surface area contributed by atoms with E-state index in [1.54, 1.807) is 0 Å². The van der Waals surface area contributed by atoms with Crippen LogP contribution < -0.4 is 0 Å². The minimum Gasteiger partial charge on any atom is -0.478 e. The van der Waals surface area contributed by atoms with Crippen LogP contribution in [0, 0.1) is 17.8 Å². The van der Waals surface area contributed by atoms with E-state index < -0.39 is 5.97 Å². The van der Waals surface area contributed by atoms with Crippen LogP contribution in [0.1, 0.15) is 39.0 Å². The average Bonchev–Trinajstić information content (AvgIpc) is 2.27. The summed E-state index contributed by atoms with van der Waals surface area (Å²) in [4.78, 5) is 11.0. The number of hydrogen-bond acceptors (Lipinski definition) is 1. The molecule has 0 bridgehead atoms. The fourth-order valence-corrected chi connectivity index (χ4v) is 3.29. The number of fused-ring (bicyclic) bond motifs is 1. The van der Waals surface area contributed by atoms with Crippen molar-refractivity contribution >= 4 is 5.97 Å². The van der Waals surface area contributed by atoms with E-state index in [9.17, 15) is 4.79 Å². The number of carboxylic acids is 1. The molecule has 0 saturated heterocycles. The average molecular weight is 220 g/mol. The van der Waals surface area contributed by atoms with Gasteiger partial charge < -0.3 is 5.11 Å². The fourth-order valence-electron chi connectivity index (χ4n) is 3.29. The summed E-state index contributed by atoms with van der Waals surface area (Å²) in [5.74, 6) is 0.485. The van der Waals surface area contributed by atoms with Gasteiger partial charge >= 0.3 is 5.97 Å². The molecule has 0 aromatic carbocycles. The largest absolute Gasteiger partial charge is 0.478 e. The Balaban J connectivity index is 2.21. The topological polar surface area (TPSA) is 37.3 Å². The van der Waals surface area contributed by atoms with Crippen molar-refractivity contribution in [3.8, 4) is 0 Å². The third-order valence-electron chi connectivity index (χ3n) is 4.21. The molecule has 0 aromatic heterocycles. The zero-order valence-corrected chi connectivity index (χ0v) is 9.91. The summed E-state index contributed by atoms with van der Waals surface area (Å²) in [6.07, 6.45) is 8.15. The van der Waals surface area contributed by atoms with Crippen molar-refractivity contribution in [2.45, 2.75) is 39.0 Å². The quantitative estimate of drug-likeness (QED) is 0.572. The normalized spacial score (nSPS) is 33.8. The molecule has 2 rings (SSSR count). The molecule has 88 valence electrons. The Labute approximate surface area is 97.0 Å². The molecule has 1 saturated carbocycles. The summed E-state index contributed by atoms with van der Waals surface area (Å²) in [6.45, 7) is 5.92. The van der Waals surface area contributed by atoms with Crippen LogP contribution in [0.15, 0.2) is 23.8 Å². The van der Waals surface area contributed by atoms with E-state index in [1.807, 2.05) is 0 Å². The Morgan fingerprint density at radius 1 is 1.44 bits per heavy atom. The number of carboxylic acid groups (broad SMARTS) is 1. The van der Waals surface area contributed by atoms with Crippen molar-refractivity contribution in [1.29, 1.82) is 0 Å². The van der Waals surface area contributed by atoms with Gasteiger partial charge in [0.05, 0.1) is 0 Å². The van der Waals surface area contributed by atoms with E-state index in [2.05, 4.69) is 19.6 Å². The van der Waals surface area contributed by atoms with Gasteiger partial charge in [-0.2, -0.15) is 0 Å². The maximum Gasteiger partial charge on any atom is 0.331 e. The molecule has 16 heavy (non-hydrogen) atoms. The van der Waals surface area contributed by atoms with Crippen molar-refractivity contribution in [2.24, 2.45) is 17.8 Å². The van der Waals surface area contributed by atoms with Gasteiger partial charge in [-0.15, -0.1) is 0 Å². The molecule has 2 heteroatoms. The Hall–Kier alpha value is -1.05. The first kappa shape index (κ1) is 11.4. The van der Waals surface area contributed by atoms with Crippen LogP contribution >= 0.6 is 0 Å². The maximum atomic E-state index is 11.0. The molecule has 0 aliphatic heterocycles. The van der Waals surface area contributed by atoms with Crippen molar-refractivity contribution in [3.05, 3.63) is 23.8 Å². The summed E-state index contributed by atoms with van der Waals surface area (Å²) in [6, 6.07) is 0. The first-order valence-corrected chi connectivity index (χ1v) is 6.19. The first-order chi connectivity index (χ1) is 7.59. The van der Waals surface area contributed by atoms with E-state index in [4.69, 9.17) is 5.11 Å². The summed E-state index contributed by atoms with van der Waals surface area (Å²) >= 11 is 0. The van der Waals surface area contributed by atoms with Gasteiger partial charge in [-0.1, -0.05) is 24.6 Å². The highest BCUT2D eigenvalue weighted by Crippen LogP contribution is 2.44. The van der Waals surface area contributed by atoms with Crippen molar-refractivity contribution in [3.63, 3.8) is 0 Å². The van der Waals surface area contributed by atoms with E-state index in [0.717, 1.165) is 12.8 Å². The third kappa shape index (κ3) is 2.06. The van der Waals surface area contributed by atoms with Gasteiger partial charge in [0.15, 0.2) is 0 Å². The molecule has 0 aromatic rings. The molecular weight excluding hydrogens is 200 g/mol. The zero-order valence-electron chi connectivity index (χ0n) is 9.91. The van der Waals surface area contributed by atoms with E-state index >= 15 is 0 Å². The van der Waals surface area contributed by atoms with Crippen LogP contribution in [0.5, 0.6) is 0 Å². The van der Waals surface area contributed by atoms with Crippen LogP contribution in [0.2, 0.25) is 0 Å². The Morgan fingerprint density at radius 2 is 2.19 bits per heavy atom. The molecule has 0 heterocycles. The van der Waals surface area contributed by atoms with Gasteiger partial charge in [-0.25, -0.2) is 4.79 Å². The van der Waals surface area contributed by atoms with Crippen LogP contribution in [-0.2, 0) is 4.79 Å². The SMILES string of the molecule is C=C(C(=O)O)[C@@H]1CCCC2CCC(C)=CC21. The van der Waals surface area contributed by atoms with Crippen LogP contribution in [-0.4, -0.2) is 11.1 Å². The molecule has 2 aliphatic carbocycles. The molecule has 1 fully saturated rings. The Kier molecular flexibility index (Phi) is 3.17. The minimum atomic E-state index is -0.817. The summed E-state index contributed by atoms with van der Waals surface area (Å²) in [7, 11) is 0. The number of carbonyl (C=O) groups is 1. The maximum absolute atomic E-state index is 11.0. The summed E-state index contributed by atoms with van der Waals surface area (Å²) in [5.41, 5.74) is 1.84. The molecule has 2 nitrogen and oxygen atoms in total. The molecular formula is C14H20O2. The van der Waals surface area contributed by atoms with Crippen molar-refractivity contribution in [2.75, 3.05) is 0 Å². The second-order valence-corrected chi connectivity index (χ2v) is 5.26. The lowest BCUT2D eigenvalue weighted by molar-refractivity contribution is -0.133. The van der Waals surface area contributed by atoms with Gasteiger partial charge in [-0.05, 0) is 50.4 Å². The molecule has 0 spiro atoms. The lowest BCUT2D eigenvalue weighted by atomic mass is 9.65. The van der Waals surface area contributed by atoms with Gasteiger partial charge in [0.2, 0.25) is 0 Å². The van der Waals surface area contributed by atoms with E-state index in [0.29, 0.717) is 17.4 Å². The lowest BCUT2D eigenvalue weighted by Crippen LogP contribution is -2.32. The first-order valence-electron chi connectivity index (χ1n) is 6.19. The monoisotopic (exact) mass is 220 g/mol. The number of rotatable bonds is 2. The minimum absolute atomic E-state index is 0.173. The highest BCUT2D eigenvalue weighted by atomic mass is 16.4. The van der Waals surface area contributed by atoms with Crippen molar-refractivity contribution < 1.29 is 9.90 Å². The molecule has 2 unspecified atom stereocenters. The molecule has 0 radical (unpaired) electrons. The highest BCUT2D eigenvalue weighted by Gasteiger charge is 2.36. The lowest BCUT2D eigenvalue weighted by Gasteiger charge is -2.39. The molecule has 2 aliphatic rings. The standard InChI is InChI=1S/C14H20O2/c1-9-6-7-11-4-3-5-12(13(11)8-9)10(2)14(15)16/h8,11-13H,2-7H2,1H3,(H,15,16)/t11?,12-,13?/m0/s1. The third-order valence-corrected chi connectivity index (χ3v) is 4.21. The van der Waals surface area contributed by atoms with Crippen LogP contribution in [0.4, 0.5) is 0 Å². The van der Waals surface area contributed by atoms with Crippen LogP contribution in [0.3, 0.4) is 0 Å². The van der Waals surface area contributed by atoms with E-state index in [-0.39, 0.29) is 5.92 Å². The Bertz CT molecular complexity index is 341. The molecule has 3 atom stereocenters. The fraction of sp³-hybridized carbons (Fsp3) is 0.643. The van der Waals surface area contributed by atoms with Gasteiger partial charge in [0.25, 0.3) is 0 Å². The predicted octanol–water partition coefficient (Wildman–Crippen LogP) is 3.40. The second kappa shape index (κ2) is 4.44. The van der Waals surface area contributed by atoms with Crippen molar-refractivity contribution in [1.82, 2.24) is 0 Å². The van der Waals surface area contributed by atoms with E-state index in [1.165, 1.54) is 24.8 Å². The predicted molar refractivity (Wildman–Crippen MR) is 64.1 cm³/mol. The number of allylic oxidation sites excluding steroid dienone is 2.